The number of rotatable bonds is 10. The fourth-order valence-electron chi connectivity index (χ4n) is 2.84. The van der Waals surface area contributed by atoms with Gasteiger partial charge in [0.1, 0.15) is 0 Å². The van der Waals surface area contributed by atoms with E-state index in [1.807, 2.05) is 74.5 Å². The lowest BCUT2D eigenvalue weighted by Gasteiger charge is -2.30. The van der Waals surface area contributed by atoms with E-state index in [0.717, 1.165) is 11.4 Å². The number of anilines is 2. The standard InChI is InChI=1S/C20H28N8/c1-19(13-17(21)22,25-15-9-5-3-6-10-15)27-28-20(2,14-18(23)24)26-16-11-7-4-8-12-16/h3-12,25-26H,13-14H2,1-2H3,(H3,21,22)(H3,23,24). The second kappa shape index (κ2) is 8.98. The molecule has 2 aromatic rings. The molecule has 0 fully saturated rings. The zero-order valence-corrected chi connectivity index (χ0v) is 16.2. The molecule has 0 heterocycles. The maximum absolute atomic E-state index is 7.71. The highest BCUT2D eigenvalue weighted by atomic mass is 15.3. The maximum atomic E-state index is 7.71. The van der Waals surface area contributed by atoms with Gasteiger partial charge in [-0.05, 0) is 38.1 Å². The molecule has 0 amide bonds. The Balaban J connectivity index is 2.30. The van der Waals surface area contributed by atoms with Gasteiger partial charge in [-0.25, -0.2) is 0 Å². The summed E-state index contributed by atoms with van der Waals surface area (Å²) in [5.41, 5.74) is 11.1. The van der Waals surface area contributed by atoms with Gasteiger partial charge >= 0.3 is 0 Å². The summed E-state index contributed by atoms with van der Waals surface area (Å²) in [5.74, 6) is -0.0108. The lowest BCUT2D eigenvalue weighted by Crippen LogP contribution is -2.40. The first-order valence-corrected chi connectivity index (χ1v) is 8.96. The van der Waals surface area contributed by atoms with E-state index in [1.165, 1.54) is 0 Å². The normalized spacial score (nSPS) is 15.4. The van der Waals surface area contributed by atoms with Crippen molar-refractivity contribution in [3.05, 3.63) is 60.7 Å². The number of benzene rings is 2. The topological polar surface area (TPSA) is 149 Å². The van der Waals surface area contributed by atoms with Crippen LogP contribution in [0.5, 0.6) is 0 Å². The van der Waals surface area contributed by atoms with Gasteiger partial charge < -0.3 is 22.1 Å². The first-order valence-electron chi connectivity index (χ1n) is 8.96. The Kier molecular flexibility index (Phi) is 6.70. The summed E-state index contributed by atoms with van der Waals surface area (Å²) in [6, 6.07) is 19.1. The van der Waals surface area contributed by atoms with Crippen LogP contribution in [0, 0.1) is 10.8 Å². The zero-order valence-electron chi connectivity index (χ0n) is 16.2. The SMILES string of the molecule is CC(CC(=N)N)(N=NC(C)(CC(=N)N)Nc1ccccc1)Nc1ccccc1. The van der Waals surface area contributed by atoms with Crippen LogP contribution in [0.1, 0.15) is 26.7 Å². The van der Waals surface area contributed by atoms with Gasteiger partial charge in [0.15, 0.2) is 11.3 Å². The van der Waals surface area contributed by atoms with Crippen molar-refractivity contribution in [2.45, 2.75) is 38.0 Å². The summed E-state index contributed by atoms with van der Waals surface area (Å²) in [6.45, 7) is 3.64. The summed E-state index contributed by atoms with van der Waals surface area (Å²) in [7, 11) is 0. The minimum absolute atomic E-state index is 0.00540. The number of azo groups is 1. The Labute approximate surface area is 165 Å². The fourth-order valence-corrected chi connectivity index (χ4v) is 2.84. The molecular formula is C20H28N8. The van der Waals surface area contributed by atoms with E-state index in [9.17, 15) is 0 Å². The summed E-state index contributed by atoms with van der Waals surface area (Å²) in [4.78, 5) is 0. The summed E-state index contributed by atoms with van der Waals surface area (Å²) in [5, 5.41) is 31.0. The van der Waals surface area contributed by atoms with Crippen molar-refractivity contribution in [1.82, 2.24) is 0 Å². The molecule has 8 heteroatoms. The number of nitrogens with one attached hydrogen (secondary N) is 4. The van der Waals surface area contributed by atoms with Gasteiger partial charge in [-0.2, -0.15) is 10.2 Å². The number of para-hydroxylation sites is 2. The van der Waals surface area contributed by atoms with Crippen LogP contribution in [0.2, 0.25) is 0 Å². The molecule has 0 radical (unpaired) electrons. The van der Waals surface area contributed by atoms with Crippen LogP contribution < -0.4 is 22.1 Å². The molecule has 8 nitrogen and oxygen atoms in total. The third kappa shape index (κ3) is 6.71. The molecular weight excluding hydrogens is 352 g/mol. The van der Waals surface area contributed by atoms with Gasteiger partial charge in [0, 0.05) is 24.2 Å². The second-order valence-electron chi connectivity index (χ2n) is 7.13. The van der Waals surface area contributed by atoms with Gasteiger partial charge in [0.2, 0.25) is 0 Å². The lowest BCUT2D eigenvalue weighted by atomic mass is 10.1. The van der Waals surface area contributed by atoms with E-state index in [0.29, 0.717) is 0 Å². The second-order valence-corrected chi connectivity index (χ2v) is 7.13. The van der Waals surface area contributed by atoms with Crippen LogP contribution in [-0.4, -0.2) is 23.0 Å². The van der Waals surface area contributed by atoms with Crippen LogP contribution in [0.4, 0.5) is 11.4 Å². The van der Waals surface area contributed by atoms with Crippen molar-refractivity contribution in [1.29, 1.82) is 10.8 Å². The monoisotopic (exact) mass is 380 g/mol. The number of nitrogens with zero attached hydrogens (tertiary/aromatic N) is 2. The smallest absolute Gasteiger partial charge is 0.154 e. The number of hydrogen-bond acceptors (Lipinski definition) is 6. The summed E-state index contributed by atoms with van der Waals surface area (Å²) < 4.78 is 0. The van der Waals surface area contributed by atoms with Crippen molar-refractivity contribution < 1.29 is 0 Å². The number of nitrogens with two attached hydrogens (primary N) is 2. The fraction of sp³-hybridized carbons (Fsp3) is 0.300. The Morgan fingerprint density at radius 2 is 1.07 bits per heavy atom. The molecule has 0 aliphatic carbocycles. The van der Waals surface area contributed by atoms with Gasteiger partial charge in [-0.15, -0.1) is 0 Å². The van der Waals surface area contributed by atoms with Crippen molar-refractivity contribution in [3.63, 3.8) is 0 Å². The zero-order chi connectivity index (χ0) is 20.6. The highest BCUT2D eigenvalue weighted by Gasteiger charge is 2.30. The molecule has 2 atom stereocenters. The van der Waals surface area contributed by atoms with Crippen molar-refractivity contribution in [3.8, 4) is 0 Å². The largest absolute Gasteiger partial charge is 0.388 e. The van der Waals surface area contributed by atoms with Gasteiger partial charge in [0.25, 0.3) is 0 Å². The first-order chi connectivity index (χ1) is 13.2. The molecule has 0 saturated heterocycles. The van der Waals surface area contributed by atoms with Crippen LogP contribution in [-0.2, 0) is 0 Å². The lowest BCUT2D eigenvalue weighted by molar-refractivity contribution is 0.449. The number of hydrogen-bond donors (Lipinski definition) is 6. The average molecular weight is 381 g/mol. The molecule has 2 rings (SSSR count). The third-order valence-electron chi connectivity index (χ3n) is 3.94. The van der Waals surface area contributed by atoms with Crippen LogP contribution >= 0.6 is 0 Å². The first kappa shape index (κ1) is 20.9. The van der Waals surface area contributed by atoms with Crippen molar-refractivity contribution in [2.75, 3.05) is 10.6 Å². The summed E-state index contributed by atoms with van der Waals surface area (Å²) in [6.07, 6.45) is 0.347. The van der Waals surface area contributed by atoms with Crippen LogP contribution in [0.15, 0.2) is 70.9 Å². The highest BCUT2D eigenvalue weighted by Crippen LogP contribution is 2.25. The van der Waals surface area contributed by atoms with Gasteiger partial charge in [0.05, 0.1) is 11.7 Å². The van der Waals surface area contributed by atoms with Gasteiger partial charge in [-0.3, -0.25) is 10.8 Å². The van der Waals surface area contributed by atoms with Crippen molar-refractivity contribution >= 4 is 23.0 Å². The third-order valence-corrected chi connectivity index (χ3v) is 3.94. The Bertz CT molecular complexity index is 751. The van der Waals surface area contributed by atoms with E-state index < -0.39 is 11.3 Å². The average Bonchev–Trinajstić information content (AvgIpc) is 2.60. The van der Waals surface area contributed by atoms with E-state index >= 15 is 0 Å². The van der Waals surface area contributed by atoms with Gasteiger partial charge in [-0.1, -0.05) is 36.4 Å². The number of amidine groups is 2. The molecule has 0 bridgehead atoms. The Hall–Kier alpha value is -3.42. The molecule has 2 unspecified atom stereocenters. The molecule has 8 N–H and O–H groups in total. The minimum Gasteiger partial charge on any atom is -0.388 e. The van der Waals surface area contributed by atoms with E-state index in [4.69, 9.17) is 22.3 Å². The maximum Gasteiger partial charge on any atom is 0.154 e. The van der Waals surface area contributed by atoms with E-state index in [2.05, 4.69) is 20.9 Å². The highest BCUT2D eigenvalue weighted by molar-refractivity contribution is 5.79. The summed E-state index contributed by atoms with van der Waals surface area (Å²) >= 11 is 0. The molecule has 0 aliphatic heterocycles. The van der Waals surface area contributed by atoms with Crippen LogP contribution in [0.3, 0.4) is 0 Å². The van der Waals surface area contributed by atoms with E-state index in [1.54, 1.807) is 0 Å². The quantitative estimate of drug-likeness (QED) is 0.211. The molecule has 28 heavy (non-hydrogen) atoms. The van der Waals surface area contributed by atoms with E-state index in [-0.39, 0.29) is 24.5 Å². The predicted octanol–water partition coefficient (Wildman–Crippen LogP) is 3.75. The molecule has 148 valence electrons. The van der Waals surface area contributed by atoms with Crippen LogP contribution in [0.25, 0.3) is 0 Å². The molecule has 0 spiro atoms. The predicted molar refractivity (Wildman–Crippen MR) is 115 cm³/mol. The minimum atomic E-state index is -0.927. The molecule has 2 aromatic carbocycles. The molecule has 0 saturated carbocycles. The van der Waals surface area contributed by atoms with Crippen molar-refractivity contribution in [2.24, 2.45) is 21.7 Å². The Morgan fingerprint density at radius 3 is 1.36 bits per heavy atom. The molecule has 0 aliphatic rings. The molecule has 0 aromatic heterocycles. The Morgan fingerprint density at radius 1 is 0.750 bits per heavy atom.